The van der Waals surface area contributed by atoms with E-state index in [1.54, 1.807) is 4.90 Å². The summed E-state index contributed by atoms with van der Waals surface area (Å²) in [4.78, 5) is 14.2. The molecular weight excluding hydrogens is 231 g/mol. The molecule has 5 nitrogen and oxygen atoms in total. The predicted octanol–water partition coefficient (Wildman–Crippen LogP) is -0.861. The second kappa shape index (κ2) is 4.37. The van der Waals surface area contributed by atoms with Gasteiger partial charge in [-0.15, -0.1) is 0 Å². The molecule has 6 heteroatoms. The van der Waals surface area contributed by atoms with Crippen LogP contribution in [0.2, 0.25) is 0 Å². The van der Waals surface area contributed by atoms with E-state index >= 15 is 0 Å². The van der Waals surface area contributed by atoms with Crippen LogP contribution in [-0.4, -0.2) is 46.5 Å². The number of carbonyl (C=O) groups excluding carboxylic acids is 1. The van der Waals surface area contributed by atoms with E-state index in [2.05, 4.69) is 12.2 Å². The summed E-state index contributed by atoms with van der Waals surface area (Å²) in [6.07, 6.45) is 6.67. The summed E-state index contributed by atoms with van der Waals surface area (Å²) < 4.78 is 0. The summed E-state index contributed by atoms with van der Waals surface area (Å²) in [6.45, 7) is 0.617. The van der Waals surface area contributed by atoms with Crippen LogP contribution >= 0.6 is 0 Å². The van der Waals surface area contributed by atoms with E-state index < -0.39 is 13.1 Å². The van der Waals surface area contributed by atoms with Crippen LogP contribution in [0.4, 0.5) is 0 Å². The van der Waals surface area contributed by atoms with Crippen molar-refractivity contribution in [2.45, 2.75) is 31.2 Å². The Balaban J connectivity index is 1.77. The monoisotopic (exact) mass is 250 g/mol. The standard InChI is InChI=1S/C12H19BN2O3/c14-11-8-4-3-7(6-8)10(11)12(16)15-5-1-2-9(15)13(17)18/h3-4,7-11,17-18H,1-2,5-6,14H2/t7-,8-,9+,10+,11-/m1/s1. The number of hydrogen-bond donors (Lipinski definition) is 3. The number of amides is 1. The first kappa shape index (κ1) is 12.2. The van der Waals surface area contributed by atoms with Gasteiger partial charge in [-0.25, -0.2) is 0 Å². The van der Waals surface area contributed by atoms with Crippen molar-refractivity contribution in [3.8, 4) is 0 Å². The van der Waals surface area contributed by atoms with Crippen molar-refractivity contribution in [2.24, 2.45) is 23.5 Å². The normalized spacial score (nSPS) is 41.7. The third-order valence-corrected chi connectivity index (χ3v) is 4.73. The van der Waals surface area contributed by atoms with Crippen molar-refractivity contribution < 1.29 is 14.8 Å². The second-order valence-electron chi connectivity index (χ2n) is 5.71. The van der Waals surface area contributed by atoms with E-state index in [1.807, 2.05) is 0 Å². The van der Waals surface area contributed by atoms with Gasteiger partial charge in [0, 0.05) is 12.6 Å². The molecule has 98 valence electrons. The van der Waals surface area contributed by atoms with Gasteiger partial charge < -0.3 is 20.7 Å². The summed E-state index contributed by atoms with van der Waals surface area (Å²) in [5, 5.41) is 18.7. The number of nitrogens with two attached hydrogens (primary N) is 1. The number of carbonyl (C=O) groups is 1. The largest absolute Gasteiger partial charge is 0.475 e. The molecule has 3 aliphatic rings. The molecule has 18 heavy (non-hydrogen) atoms. The first-order valence-electron chi connectivity index (χ1n) is 6.70. The van der Waals surface area contributed by atoms with Gasteiger partial charge >= 0.3 is 7.12 Å². The Morgan fingerprint density at radius 1 is 1.33 bits per heavy atom. The molecule has 0 radical (unpaired) electrons. The fourth-order valence-corrected chi connectivity index (χ4v) is 3.78. The zero-order chi connectivity index (χ0) is 12.9. The third kappa shape index (κ3) is 1.71. The number of hydrogen-bond acceptors (Lipinski definition) is 4. The maximum atomic E-state index is 12.6. The van der Waals surface area contributed by atoms with E-state index in [0.29, 0.717) is 18.9 Å². The number of allylic oxidation sites excluding steroid dienone is 1. The van der Waals surface area contributed by atoms with Crippen LogP contribution < -0.4 is 5.73 Å². The molecule has 0 aromatic heterocycles. The maximum Gasteiger partial charge on any atom is 0.475 e. The Hall–Kier alpha value is -0.845. The molecule has 0 aromatic rings. The highest BCUT2D eigenvalue weighted by Gasteiger charge is 2.49. The van der Waals surface area contributed by atoms with Gasteiger partial charge in [-0.3, -0.25) is 4.79 Å². The van der Waals surface area contributed by atoms with Crippen molar-refractivity contribution >= 4 is 13.0 Å². The number of likely N-dealkylation sites (tertiary alicyclic amines) is 1. The van der Waals surface area contributed by atoms with E-state index in [1.165, 1.54) is 0 Å². The van der Waals surface area contributed by atoms with Crippen LogP contribution in [0.3, 0.4) is 0 Å². The second-order valence-corrected chi connectivity index (χ2v) is 5.71. The highest BCUT2D eigenvalue weighted by atomic mass is 16.4. The maximum absolute atomic E-state index is 12.6. The average molecular weight is 250 g/mol. The summed E-state index contributed by atoms with van der Waals surface area (Å²) in [5.74, 6) is -0.0410. The number of fused-ring (bicyclic) bond motifs is 2. The lowest BCUT2D eigenvalue weighted by Crippen LogP contribution is -2.51. The highest BCUT2D eigenvalue weighted by molar-refractivity contribution is 6.43. The van der Waals surface area contributed by atoms with Crippen molar-refractivity contribution in [3.05, 3.63) is 12.2 Å². The lowest BCUT2D eigenvalue weighted by Gasteiger charge is -2.31. The molecule has 5 atom stereocenters. The zero-order valence-electron chi connectivity index (χ0n) is 10.3. The van der Waals surface area contributed by atoms with E-state index in [-0.39, 0.29) is 23.8 Å². The third-order valence-electron chi connectivity index (χ3n) is 4.73. The van der Waals surface area contributed by atoms with Gasteiger partial charge in [0.25, 0.3) is 0 Å². The first-order chi connectivity index (χ1) is 8.59. The van der Waals surface area contributed by atoms with Gasteiger partial charge in [-0.2, -0.15) is 0 Å². The van der Waals surface area contributed by atoms with Crippen LogP contribution in [-0.2, 0) is 4.79 Å². The van der Waals surface area contributed by atoms with Crippen LogP contribution in [0.25, 0.3) is 0 Å². The molecule has 4 N–H and O–H groups in total. The van der Waals surface area contributed by atoms with Crippen molar-refractivity contribution in [3.63, 3.8) is 0 Å². The fourth-order valence-electron chi connectivity index (χ4n) is 3.78. The highest BCUT2D eigenvalue weighted by Crippen LogP contribution is 2.44. The molecule has 2 aliphatic carbocycles. The Kier molecular flexibility index (Phi) is 2.96. The smallest absolute Gasteiger partial charge is 0.426 e. The summed E-state index contributed by atoms with van der Waals surface area (Å²) >= 11 is 0. The molecular formula is C12H19BN2O3. The SMILES string of the molecule is N[C@H]1[C@@H](C(=O)N2CCC[C@H]2B(O)O)[C@@H]2C=C[C@@H]1C2. The topological polar surface area (TPSA) is 86.8 Å². The quantitative estimate of drug-likeness (QED) is 0.439. The van der Waals surface area contributed by atoms with Crippen LogP contribution in [0, 0.1) is 17.8 Å². The molecule has 0 unspecified atom stereocenters. The lowest BCUT2D eigenvalue weighted by atomic mass is 9.77. The molecule has 0 aromatic carbocycles. The Bertz CT molecular complexity index is 388. The Morgan fingerprint density at radius 3 is 2.67 bits per heavy atom. The molecule has 2 fully saturated rings. The molecule has 1 heterocycles. The first-order valence-corrected chi connectivity index (χ1v) is 6.70. The van der Waals surface area contributed by atoms with Crippen molar-refractivity contribution in [2.75, 3.05) is 6.54 Å². The lowest BCUT2D eigenvalue weighted by molar-refractivity contribution is -0.136. The molecule has 1 amide bonds. The number of rotatable bonds is 2. The van der Waals surface area contributed by atoms with Gasteiger partial charge in [0.2, 0.25) is 5.91 Å². The Labute approximate surface area is 107 Å². The van der Waals surface area contributed by atoms with E-state index in [0.717, 1.165) is 12.8 Å². The minimum atomic E-state index is -1.44. The minimum Gasteiger partial charge on any atom is -0.426 e. The fraction of sp³-hybridized carbons (Fsp3) is 0.750. The van der Waals surface area contributed by atoms with Gasteiger partial charge in [0.05, 0.1) is 11.9 Å². The molecule has 1 saturated heterocycles. The van der Waals surface area contributed by atoms with E-state index in [4.69, 9.17) is 5.73 Å². The molecule has 2 bridgehead atoms. The summed E-state index contributed by atoms with van der Waals surface area (Å²) in [7, 11) is -1.44. The molecule has 3 rings (SSSR count). The van der Waals surface area contributed by atoms with Crippen molar-refractivity contribution in [1.82, 2.24) is 4.90 Å². The van der Waals surface area contributed by atoms with Crippen LogP contribution in [0.5, 0.6) is 0 Å². The Morgan fingerprint density at radius 2 is 2.06 bits per heavy atom. The summed E-state index contributed by atoms with van der Waals surface area (Å²) in [6, 6.07) is -0.107. The molecule has 1 aliphatic heterocycles. The zero-order valence-corrected chi connectivity index (χ0v) is 10.3. The molecule has 1 saturated carbocycles. The van der Waals surface area contributed by atoms with Crippen LogP contribution in [0.15, 0.2) is 12.2 Å². The van der Waals surface area contributed by atoms with Gasteiger partial charge in [-0.1, -0.05) is 12.2 Å². The average Bonchev–Trinajstić information content (AvgIpc) is 3.03. The van der Waals surface area contributed by atoms with Gasteiger partial charge in [0.15, 0.2) is 0 Å². The summed E-state index contributed by atoms with van der Waals surface area (Å²) in [5.41, 5.74) is 6.13. The predicted molar refractivity (Wildman–Crippen MR) is 67.1 cm³/mol. The van der Waals surface area contributed by atoms with E-state index in [9.17, 15) is 14.8 Å². The van der Waals surface area contributed by atoms with Gasteiger partial charge in [0.1, 0.15) is 0 Å². The molecule has 0 spiro atoms. The van der Waals surface area contributed by atoms with Crippen LogP contribution in [0.1, 0.15) is 19.3 Å². The number of nitrogens with zero attached hydrogens (tertiary/aromatic N) is 1. The van der Waals surface area contributed by atoms with Gasteiger partial charge in [-0.05, 0) is 31.1 Å². The minimum absolute atomic E-state index is 0.00921. The van der Waals surface area contributed by atoms with Crippen molar-refractivity contribution in [1.29, 1.82) is 0 Å².